The molecule has 0 aliphatic carbocycles. The van der Waals surface area contributed by atoms with E-state index in [1.54, 1.807) is 12.1 Å². The van der Waals surface area contributed by atoms with Crippen LogP contribution in [0.5, 0.6) is 0 Å². The maximum absolute atomic E-state index is 11.9. The topological polar surface area (TPSA) is 78.6 Å². The van der Waals surface area contributed by atoms with Gasteiger partial charge in [-0.15, -0.1) is 0 Å². The van der Waals surface area contributed by atoms with Crippen LogP contribution >= 0.6 is 0 Å². The molecule has 0 bridgehead atoms. The first kappa shape index (κ1) is 15.5. The number of anilines is 2. The van der Waals surface area contributed by atoms with Gasteiger partial charge in [0.1, 0.15) is 0 Å². The second-order valence-corrected chi connectivity index (χ2v) is 4.62. The van der Waals surface area contributed by atoms with E-state index in [0.29, 0.717) is 12.2 Å². The molecule has 1 aromatic carbocycles. The first-order valence-electron chi connectivity index (χ1n) is 6.56. The smallest absolute Gasteiger partial charge is 0.238 e. The van der Waals surface area contributed by atoms with Gasteiger partial charge in [0, 0.05) is 17.9 Å². The Bertz CT molecular complexity index is 415. The number of carbonyl (C=O) groups excluding carboxylic acids is 1. The fraction of sp³-hybridized carbons (Fsp3) is 0.500. The van der Waals surface area contributed by atoms with Crippen LogP contribution < -0.4 is 11.1 Å². The Balaban J connectivity index is 2.58. The van der Waals surface area contributed by atoms with Crippen LogP contribution in [0.4, 0.5) is 11.4 Å². The number of nitrogens with two attached hydrogens (primary N) is 1. The van der Waals surface area contributed by atoms with Gasteiger partial charge >= 0.3 is 0 Å². The molecule has 5 nitrogen and oxygen atoms in total. The van der Waals surface area contributed by atoms with Crippen molar-refractivity contribution < 1.29 is 9.90 Å². The highest BCUT2D eigenvalue weighted by Gasteiger charge is 2.10. The van der Waals surface area contributed by atoms with E-state index in [0.717, 1.165) is 24.2 Å². The van der Waals surface area contributed by atoms with Crippen molar-refractivity contribution in [2.45, 2.75) is 20.3 Å². The molecule has 1 aromatic rings. The third-order valence-corrected chi connectivity index (χ3v) is 2.85. The second-order valence-electron chi connectivity index (χ2n) is 4.62. The molecule has 0 radical (unpaired) electrons. The Morgan fingerprint density at radius 2 is 2.16 bits per heavy atom. The summed E-state index contributed by atoms with van der Waals surface area (Å²) in [4.78, 5) is 13.9. The van der Waals surface area contributed by atoms with Gasteiger partial charge in [-0.05, 0) is 43.7 Å². The number of nitrogen functional groups attached to an aromatic ring is 1. The molecule has 106 valence electrons. The summed E-state index contributed by atoms with van der Waals surface area (Å²) < 4.78 is 0. The molecular formula is C14H23N3O2. The quantitative estimate of drug-likeness (QED) is 0.648. The number of hydrogen-bond acceptors (Lipinski definition) is 4. The van der Waals surface area contributed by atoms with Crippen molar-refractivity contribution in [2.24, 2.45) is 0 Å². The van der Waals surface area contributed by atoms with E-state index in [-0.39, 0.29) is 19.1 Å². The minimum absolute atomic E-state index is 0.0637. The number of amides is 1. The van der Waals surface area contributed by atoms with Crippen molar-refractivity contribution in [1.29, 1.82) is 0 Å². The normalized spacial score (nSPS) is 10.7. The number of aliphatic hydroxyl groups is 1. The fourth-order valence-electron chi connectivity index (χ4n) is 1.95. The van der Waals surface area contributed by atoms with Gasteiger partial charge in [0.05, 0.1) is 13.2 Å². The first-order chi connectivity index (χ1) is 9.06. The minimum atomic E-state index is -0.0743. The molecule has 1 rings (SSSR count). The number of rotatable bonds is 7. The van der Waals surface area contributed by atoms with E-state index < -0.39 is 0 Å². The molecule has 0 spiro atoms. The SMILES string of the molecule is CCCN(CCO)CC(=O)Nc1ccc(N)cc1C. The number of nitrogens with one attached hydrogen (secondary N) is 1. The lowest BCUT2D eigenvalue weighted by Crippen LogP contribution is -2.35. The highest BCUT2D eigenvalue weighted by molar-refractivity contribution is 5.93. The Labute approximate surface area is 114 Å². The summed E-state index contributed by atoms with van der Waals surface area (Å²) in [6.07, 6.45) is 0.953. The van der Waals surface area contributed by atoms with Crippen molar-refractivity contribution in [3.8, 4) is 0 Å². The number of carbonyl (C=O) groups is 1. The van der Waals surface area contributed by atoms with Crippen LogP contribution in [0.3, 0.4) is 0 Å². The van der Waals surface area contributed by atoms with E-state index in [1.807, 2.05) is 24.8 Å². The lowest BCUT2D eigenvalue weighted by molar-refractivity contribution is -0.117. The maximum Gasteiger partial charge on any atom is 0.238 e. The number of aliphatic hydroxyl groups excluding tert-OH is 1. The van der Waals surface area contributed by atoms with Gasteiger partial charge in [0.15, 0.2) is 0 Å². The molecule has 0 aromatic heterocycles. The summed E-state index contributed by atoms with van der Waals surface area (Å²) in [5.74, 6) is -0.0743. The summed E-state index contributed by atoms with van der Waals surface area (Å²) in [5.41, 5.74) is 8.07. The van der Waals surface area contributed by atoms with Gasteiger partial charge in [-0.3, -0.25) is 9.69 Å². The molecule has 0 saturated carbocycles. The van der Waals surface area contributed by atoms with Crippen molar-refractivity contribution in [2.75, 3.05) is 37.3 Å². The van der Waals surface area contributed by atoms with E-state index >= 15 is 0 Å². The summed E-state index contributed by atoms with van der Waals surface area (Å²) in [5, 5.41) is 11.8. The highest BCUT2D eigenvalue weighted by Crippen LogP contribution is 2.17. The third kappa shape index (κ3) is 5.28. The van der Waals surface area contributed by atoms with Crippen LogP contribution in [0.2, 0.25) is 0 Å². The minimum Gasteiger partial charge on any atom is -0.399 e. The molecule has 5 heteroatoms. The summed E-state index contributed by atoms with van der Waals surface area (Å²) >= 11 is 0. The van der Waals surface area contributed by atoms with Crippen LogP contribution in [0, 0.1) is 6.92 Å². The van der Waals surface area contributed by atoms with Crippen molar-refractivity contribution in [1.82, 2.24) is 4.90 Å². The van der Waals surface area contributed by atoms with Crippen LogP contribution in [0.1, 0.15) is 18.9 Å². The standard InChI is InChI=1S/C14H23N3O2/c1-3-6-17(7-8-18)10-14(19)16-13-5-4-12(15)9-11(13)2/h4-5,9,18H,3,6-8,10,15H2,1-2H3,(H,16,19). The third-order valence-electron chi connectivity index (χ3n) is 2.85. The second kappa shape index (κ2) is 7.76. The zero-order valence-electron chi connectivity index (χ0n) is 11.6. The van der Waals surface area contributed by atoms with Crippen LogP contribution in [0.25, 0.3) is 0 Å². The molecule has 1 amide bonds. The number of aryl methyl sites for hydroxylation is 1. The van der Waals surface area contributed by atoms with E-state index in [4.69, 9.17) is 10.8 Å². The van der Waals surface area contributed by atoms with E-state index in [1.165, 1.54) is 0 Å². The van der Waals surface area contributed by atoms with Gasteiger partial charge in [-0.2, -0.15) is 0 Å². The molecule has 0 unspecified atom stereocenters. The van der Waals surface area contributed by atoms with Crippen molar-refractivity contribution >= 4 is 17.3 Å². The Kier molecular flexibility index (Phi) is 6.32. The maximum atomic E-state index is 11.9. The van der Waals surface area contributed by atoms with Crippen LogP contribution in [-0.4, -0.2) is 42.2 Å². The molecule has 0 aliphatic rings. The number of nitrogens with zero attached hydrogens (tertiary/aromatic N) is 1. The number of hydrogen-bond donors (Lipinski definition) is 3. The van der Waals surface area contributed by atoms with Gasteiger partial charge in [-0.25, -0.2) is 0 Å². The summed E-state index contributed by atoms with van der Waals surface area (Å²) in [6.45, 7) is 5.62. The van der Waals surface area contributed by atoms with Crippen LogP contribution in [0.15, 0.2) is 18.2 Å². The number of benzene rings is 1. The van der Waals surface area contributed by atoms with Crippen LogP contribution in [-0.2, 0) is 4.79 Å². The van der Waals surface area contributed by atoms with E-state index in [9.17, 15) is 4.79 Å². The molecule has 0 atom stereocenters. The lowest BCUT2D eigenvalue weighted by atomic mass is 10.2. The molecule has 4 N–H and O–H groups in total. The Morgan fingerprint density at radius 1 is 1.42 bits per heavy atom. The average Bonchev–Trinajstić information content (AvgIpc) is 2.33. The molecule has 19 heavy (non-hydrogen) atoms. The van der Waals surface area contributed by atoms with Gasteiger partial charge in [0.25, 0.3) is 0 Å². The zero-order chi connectivity index (χ0) is 14.3. The highest BCUT2D eigenvalue weighted by atomic mass is 16.3. The van der Waals surface area contributed by atoms with Gasteiger partial charge in [-0.1, -0.05) is 6.92 Å². The Hall–Kier alpha value is -1.59. The van der Waals surface area contributed by atoms with Crippen molar-refractivity contribution in [3.63, 3.8) is 0 Å². The molecular weight excluding hydrogens is 242 g/mol. The molecule has 0 saturated heterocycles. The van der Waals surface area contributed by atoms with Gasteiger partial charge < -0.3 is 16.2 Å². The first-order valence-corrected chi connectivity index (χ1v) is 6.56. The lowest BCUT2D eigenvalue weighted by Gasteiger charge is -2.20. The largest absolute Gasteiger partial charge is 0.399 e. The van der Waals surface area contributed by atoms with Gasteiger partial charge in [0.2, 0.25) is 5.91 Å². The Morgan fingerprint density at radius 3 is 2.74 bits per heavy atom. The van der Waals surface area contributed by atoms with E-state index in [2.05, 4.69) is 5.32 Å². The predicted molar refractivity (Wildman–Crippen MR) is 78.0 cm³/mol. The molecule has 0 heterocycles. The van der Waals surface area contributed by atoms with Crippen molar-refractivity contribution in [3.05, 3.63) is 23.8 Å². The molecule has 0 aliphatic heterocycles. The predicted octanol–water partition coefficient (Wildman–Crippen LogP) is 1.22. The average molecular weight is 265 g/mol. The fourth-order valence-corrected chi connectivity index (χ4v) is 1.95. The summed E-state index contributed by atoms with van der Waals surface area (Å²) in [7, 11) is 0. The molecule has 0 fully saturated rings. The zero-order valence-corrected chi connectivity index (χ0v) is 11.6. The monoisotopic (exact) mass is 265 g/mol. The summed E-state index contributed by atoms with van der Waals surface area (Å²) in [6, 6.07) is 5.39.